The predicted molar refractivity (Wildman–Crippen MR) is 213 cm³/mol. The van der Waals surface area contributed by atoms with Gasteiger partial charge in [-0.2, -0.15) is 0 Å². The smallest absolute Gasteiger partial charge is 0.408 e. The number of sulfonamides is 1. The topological polar surface area (TPSA) is 182 Å². The van der Waals surface area contributed by atoms with E-state index in [1.165, 1.54) is 4.90 Å². The van der Waals surface area contributed by atoms with Crippen LogP contribution in [0.3, 0.4) is 0 Å². The van der Waals surface area contributed by atoms with Gasteiger partial charge >= 0.3 is 6.09 Å². The number of allylic oxidation sites excluding steroid dienone is 1. The van der Waals surface area contributed by atoms with Crippen LogP contribution in [0.5, 0.6) is 11.6 Å². The Balaban J connectivity index is 1.24. The average molecular weight is 862 g/mol. The zero-order valence-electron chi connectivity index (χ0n) is 34.5. The first-order valence-electron chi connectivity index (χ1n) is 20.7. The number of nitrogens with zero attached hydrogens (tertiary/aromatic N) is 2. The fourth-order valence-electron chi connectivity index (χ4n) is 8.48. The van der Waals surface area contributed by atoms with Gasteiger partial charge in [0.2, 0.25) is 27.7 Å². The summed E-state index contributed by atoms with van der Waals surface area (Å²) >= 11 is 0. The molecule has 3 N–H and O–H groups in total. The molecule has 1 unspecified atom stereocenters. The average Bonchev–Trinajstić information content (AvgIpc) is 4.09. The Morgan fingerprint density at radius 2 is 1.82 bits per heavy atom. The number of hydrogen-bond donors (Lipinski definition) is 3. The minimum Gasteiger partial charge on any atom is -0.491 e. The van der Waals surface area contributed by atoms with Crippen LogP contribution >= 0.6 is 0 Å². The lowest BCUT2D eigenvalue weighted by atomic mass is 9.88. The SMILES string of the molecule is C[C@H]1CC/C=C\C2C[C@@]2(C(=O)NS(=O)(=O)C2(CF)CC2)NC(=O)[C@@H]2C[C@@H](Oc3nc4c(c5ccccc35)OCCC4)CN2C(=O)[C@@H](NC(=O)OC(C)(C)C(C)(F)F)[C@H](C)C1. The normalized spacial score (nSPS) is 29.9. The number of aromatic nitrogens is 1. The Morgan fingerprint density at radius 3 is 2.50 bits per heavy atom. The van der Waals surface area contributed by atoms with Gasteiger partial charge in [-0.3, -0.25) is 19.1 Å². The summed E-state index contributed by atoms with van der Waals surface area (Å²) < 4.78 is 87.3. The van der Waals surface area contributed by atoms with Crippen molar-refractivity contribution in [3.63, 3.8) is 0 Å². The lowest BCUT2D eigenvalue weighted by Gasteiger charge is -2.35. The minimum absolute atomic E-state index is 0.00953. The lowest BCUT2D eigenvalue weighted by Crippen LogP contribution is -2.60. The Kier molecular flexibility index (Phi) is 11.6. The number of amides is 4. The zero-order valence-corrected chi connectivity index (χ0v) is 35.3. The maximum absolute atomic E-state index is 14.9. The Labute approximate surface area is 347 Å². The summed E-state index contributed by atoms with van der Waals surface area (Å²) in [6, 6.07) is 4.74. The molecule has 5 aliphatic rings. The quantitative estimate of drug-likeness (QED) is 0.281. The summed E-state index contributed by atoms with van der Waals surface area (Å²) in [5, 5.41) is 6.75. The number of carbonyl (C=O) groups is 4. The van der Waals surface area contributed by atoms with E-state index in [0.717, 1.165) is 25.7 Å². The van der Waals surface area contributed by atoms with Crippen molar-refractivity contribution >= 4 is 44.6 Å². The summed E-state index contributed by atoms with van der Waals surface area (Å²) in [5.41, 5.74) is -3.27. The van der Waals surface area contributed by atoms with Gasteiger partial charge in [-0.15, -0.1) is 0 Å². The highest BCUT2D eigenvalue weighted by Crippen LogP contribution is 2.48. The number of benzene rings is 1. The molecule has 7 rings (SSSR count). The highest BCUT2D eigenvalue weighted by molar-refractivity contribution is 7.91. The summed E-state index contributed by atoms with van der Waals surface area (Å²) in [6.07, 6.45) is 4.53. The number of carbonyl (C=O) groups excluding carboxylic acids is 4. The zero-order chi connectivity index (χ0) is 43.4. The number of ether oxygens (including phenoxy) is 3. The number of aryl methyl sites for hydroxylation is 1. The van der Waals surface area contributed by atoms with Gasteiger partial charge in [0.1, 0.15) is 40.9 Å². The molecule has 0 radical (unpaired) electrons. The first-order chi connectivity index (χ1) is 28.2. The predicted octanol–water partition coefficient (Wildman–Crippen LogP) is 5.27. The van der Waals surface area contributed by atoms with E-state index in [1.54, 1.807) is 13.0 Å². The second-order valence-electron chi connectivity index (χ2n) is 17.9. The summed E-state index contributed by atoms with van der Waals surface area (Å²) in [4.78, 5) is 62.9. The van der Waals surface area contributed by atoms with Crippen LogP contribution in [-0.2, 0) is 35.6 Å². The maximum atomic E-state index is 14.9. The fraction of sp³-hybridized carbons (Fsp3) is 0.643. The van der Waals surface area contributed by atoms with Gasteiger partial charge in [0.25, 0.3) is 11.8 Å². The molecule has 2 aromatic rings. The van der Waals surface area contributed by atoms with E-state index >= 15 is 0 Å². The van der Waals surface area contributed by atoms with Gasteiger partial charge < -0.3 is 29.7 Å². The van der Waals surface area contributed by atoms with Crippen LogP contribution in [0.1, 0.15) is 91.7 Å². The molecule has 3 aliphatic heterocycles. The highest BCUT2D eigenvalue weighted by atomic mass is 32.2. The Hall–Kier alpha value is -4.61. The molecule has 4 heterocycles. The number of alkyl halides is 3. The molecule has 14 nitrogen and oxygen atoms in total. The number of halogens is 3. The number of nitrogens with one attached hydrogen (secondary N) is 3. The van der Waals surface area contributed by atoms with Crippen molar-refractivity contribution in [2.45, 2.75) is 132 Å². The molecule has 1 aromatic heterocycles. The summed E-state index contributed by atoms with van der Waals surface area (Å²) in [5.74, 6) is -6.21. The Morgan fingerprint density at radius 1 is 1.10 bits per heavy atom. The van der Waals surface area contributed by atoms with E-state index in [-0.39, 0.29) is 44.0 Å². The molecular formula is C42H54F3N5O9S. The number of hydrogen-bond acceptors (Lipinski definition) is 10. The molecule has 60 heavy (non-hydrogen) atoms. The van der Waals surface area contributed by atoms with Crippen molar-refractivity contribution in [1.29, 1.82) is 0 Å². The van der Waals surface area contributed by atoms with Crippen LogP contribution in [0.4, 0.5) is 18.0 Å². The lowest BCUT2D eigenvalue weighted by molar-refractivity contribution is -0.152. The molecule has 4 amide bonds. The van der Waals surface area contributed by atoms with E-state index in [9.17, 15) is 40.8 Å². The first kappa shape index (κ1) is 43.5. The second-order valence-corrected chi connectivity index (χ2v) is 20.0. The maximum Gasteiger partial charge on any atom is 0.408 e. The van der Waals surface area contributed by atoms with Crippen LogP contribution in [-0.4, -0.2) is 102 Å². The van der Waals surface area contributed by atoms with Crippen molar-refractivity contribution in [1.82, 2.24) is 25.2 Å². The van der Waals surface area contributed by atoms with Gasteiger partial charge in [0, 0.05) is 30.0 Å². The standard InChI is InChI=1S/C42H54F3N5O9S/c1-24-11-6-7-12-26-21-42(26,37(53)49-60(55,56)41(23-43)16-17-41)48-34(51)31-20-27(58-35-29-14-9-8-13-28(29)33-30(46-35)15-10-18-57-33)22-50(31)36(52)32(25(2)19-24)47-38(54)59-39(3,4)40(5,44)45/h7-9,12-14,24-27,31-32H,6,10-11,15-23H2,1-5H3,(H,47,54)(H,48,51)(H,49,53)/b12-7-/t24-,25+,26?,27+,31-,32-,42+/m0/s1. The molecular weight excluding hydrogens is 808 g/mol. The van der Waals surface area contributed by atoms with E-state index < -0.39 is 92.3 Å². The largest absolute Gasteiger partial charge is 0.491 e. The fourth-order valence-corrected chi connectivity index (χ4v) is 9.90. The minimum atomic E-state index is -4.44. The molecule has 3 fully saturated rings. The van der Waals surface area contributed by atoms with Crippen LogP contribution < -0.4 is 24.8 Å². The van der Waals surface area contributed by atoms with Gasteiger partial charge in [0.05, 0.1) is 18.8 Å². The molecule has 7 atom stereocenters. The van der Waals surface area contributed by atoms with Crippen molar-refractivity contribution in [2.75, 3.05) is 19.8 Å². The third-order valence-electron chi connectivity index (χ3n) is 12.9. The van der Waals surface area contributed by atoms with Crippen LogP contribution in [0.15, 0.2) is 36.4 Å². The Bertz CT molecular complexity index is 2180. The van der Waals surface area contributed by atoms with Crippen LogP contribution in [0.25, 0.3) is 10.8 Å². The molecule has 328 valence electrons. The number of fused-ring (bicyclic) bond motifs is 5. The van der Waals surface area contributed by atoms with Gasteiger partial charge in [-0.1, -0.05) is 44.2 Å². The van der Waals surface area contributed by atoms with Crippen molar-refractivity contribution in [3.8, 4) is 11.6 Å². The van der Waals surface area contributed by atoms with Crippen LogP contribution in [0.2, 0.25) is 0 Å². The van der Waals surface area contributed by atoms with E-state index in [1.807, 2.05) is 37.3 Å². The molecule has 0 spiro atoms. The van der Waals surface area contributed by atoms with Gasteiger partial charge in [0.15, 0.2) is 5.60 Å². The first-order valence-corrected chi connectivity index (χ1v) is 22.2. The van der Waals surface area contributed by atoms with E-state index in [2.05, 4.69) is 15.4 Å². The van der Waals surface area contributed by atoms with Gasteiger partial charge in [-0.25, -0.2) is 31.4 Å². The second kappa shape index (κ2) is 16.0. The summed E-state index contributed by atoms with van der Waals surface area (Å²) in [7, 11) is -4.44. The van der Waals surface area contributed by atoms with Crippen molar-refractivity contribution in [2.24, 2.45) is 17.8 Å². The molecule has 18 heteroatoms. The van der Waals surface area contributed by atoms with E-state index in [4.69, 9.17) is 19.2 Å². The van der Waals surface area contributed by atoms with Crippen LogP contribution in [0, 0.1) is 17.8 Å². The molecule has 2 aliphatic carbocycles. The molecule has 1 aromatic carbocycles. The van der Waals surface area contributed by atoms with Crippen molar-refractivity contribution in [3.05, 3.63) is 42.1 Å². The third kappa shape index (κ3) is 8.36. The van der Waals surface area contributed by atoms with Gasteiger partial charge in [-0.05, 0) is 83.1 Å². The molecule has 0 bridgehead atoms. The number of rotatable bonds is 9. The third-order valence-corrected chi connectivity index (χ3v) is 15.0. The number of alkyl carbamates (subject to hydrolysis) is 1. The molecule has 1 saturated heterocycles. The highest BCUT2D eigenvalue weighted by Gasteiger charge is 2.64. The number of pyridine rings is 1. The molecule has 2 saturated carbocycles. The monoisotopic (exact) mass is 861 g/mol. The summed E-state index contributed by atoms with van der Waals surface area (Å²) in [6.45, 7) is 5.64. The van der Waals surface area contributed by atoms with E-state index in [0.29, 0.717) is 56.0 Å². The van der Waals surface area contributed by atoms with Crippen molar-refractivity contribution < 1.29 is 55.0 Å².